The Labute approximate surface area is 117 Å². The monoisotopic (exact) mass is 298 g/mol. The van der Waals surface area contributed by atoms with E-state index < -0.39 is 23.5 Å². The van der Waals surface area contributed by atoms with E-state index in [1.807, 2.05) is 0 Å². The molecular formula is C15H10F4O2. The lowest BCUT2D eigenvalue weighted by atomic mass is 9.96. The fourth-order valence-corrected chi connectivity index (χ4v) is 2.00. The molecule has 0 fully saturated rings. The summed E-state index contributed by atoms with van der Waals surface area (Å²) in [5.74, 6) is -2.66. The largest absolute Gasteiger partial charge is 0.478 e. The molecule has 2 aromatic rings. The van der Waals surface area contributed by atoms with Crippen LogP contribution in [-0.4, -0.2) is 11.1 Å². The van der Waals surface area contributed by atoms with Crippen LogP contribution in [0.3, 0.4) is 0 Å². The maximum absolute atomic E-state index is 13.6. The molecule has 0 saturated heterocycles. The summed E-state index contributed by atoms with van der Waals surface area (Å²) in [6, 6.07) is 6.80. The first-order valence-electron chi connectivity index (χ1n) is 5.91. The van der Waals surface area contributed by atoms with Gasteiger partial charge in [0.25, 0.3) is 0 Å². The highest BCUT2D eigenvalue weighted by Crippen LogP contribution is 2.34. The predicted molar refractivity (Wildman–Crippen MR) is 68.5 cm³/mol. The van der Waals surface area contributed by atoms with Gasteiger partial charge in [-0.25, -0.2) is 9.18 Å². The van der Waals surface area contributed by atoms with E-state index >= 15 is 0 Å². The second kappa shape index (κ2) is 5.20. The van der Waals surface area contributed by atoms with Crippen LogP contribution >= 0.6 is 0 Å². The van der Waals surface area contributed by atoms with Crippen LogP contribution in [0.1, 0.15) is 21.5 Å². The average molecular weight is 298 g/mol. The van der Waals surface area contributed by atoms with Crippen LogP contribution in [0.4, 0.5) is 17.6 Å². The third-order valence-corrected chi connectivity index (χ3v) is 2.99. The van der Waals surface area contributed by atoms with Crippen LogP contribution in [0.5, 0.6) is 0 Å². The molecule has 0 bridgehead atoms. The van der Waals surface area contributed by atoms with E-state index in [0.29, 0.717) is 17.7 Å². The van der Waals surface area contributed by atoms with Gasteiger partial charge in [0.1, 0.15) is 5.82 Å². The third-order valence-electron chi connectivity index (χ3n) is 2.99. The molecule has 2 rings (SSSR count). The predicted octanol–water partition coefficient (Wildman–Crippen LogP) is 4.52. The smallest absolute Gasteiger partial charge is 0.419 e. The van der Waals surface area contributed by atoms with E-state index in [1.54, 1.807) is 13.0 Å². The molecule has 0 aliphatic carbocycles. The molecule has 0 aromatic heterocycles. The van der Waals surface area contributed by atoms with E-state index in [0.717, 1.165) is 6.07 Å². The van der Waals surface area contributed by atoms with Gasteiger partial charge in [-0.05, 0) is 36.2 Å². The van der Waals surface area contributed by atoms with Crippen molar-refractivity contribution in [1.82, 2.24) is 0 Å². The van der Waals surface area contributed by atoms with Crippen LogP contribution in [0, 0.1) is 12.7 Å². The van der Waals surface area contributed by atoms with Gasteiger partial charge in [0.15, 0.2) is 0 Å². The molecule has 21 heavy (non-hydrogen) atoms. The van der Waals surface area contributed by atoms with E-state index in [9.17, 15) is 22.4 Å². The van der Waals surface area contributed by atoms with Crippen LogP contribution < -0.4 is 0 Å². The number of carboxylic acid groups (broad SMARTS) is 1. The SMILES string of the molecule is Cc1ccc(-c2ccc(C(F)(F)F)c(F)c2)c(C(=O)O)c1. The summed E-state index contributed by atoms with van der Waals surface area (Å²) in [6.07, 6.45) is -4.79. The van der Waals surface area contributed by atoms with Crippen LogP contribution in [0.2, 0.25) is 0 Å². The van der Waals surface area contributed by atoms with Crippen molar-refractivity contribution in [2.75, 3.05) is 0 Å². The summed E-state index contributed by atoms with van der Waals surface area (Å²) in [6.45, 7) is 1.68. The minimum atomic E-state index is -4.79. The summed E-state index contributed by atoms with van der Waals surface area (Å²) in [5.41, 5.74) is -0.536. The van der Waals surface area contributed by atoms with Gasteiger partial charge in [0.05, 0.1) is 11.1 Å². The normalized spacial score (nSPS) is 11.5. The van der Waals surface area contributed by atoms with Crippen molar-refractivity contribution < 1.29 is 27.5 Å². The van der Waals surface area contributed by atoms with Gasteiger partial charge in [0.2, 0.25) is 0 Å². The molecule has 0 spiro atoms. The van der Waals surface area contributed by atoms with Crippen molar-refractivity contribution in [3.8, 4) is 11.1 Å². The molecule has 6 heteroatoms. The van der Waals surface area contributed by atoms with Crippen LogP contribution in [0.15, 0.2) is 36.4 Å². The number of benzene rings is 2. The summed E-state index contributed by atoms with van der Waals surface area (Å²) in [7, 11) is 0. The number of carboxylic acids is 1. The Kier molecular flexibility index (Phi) is 3.72. The first-order valence-corrected chi connectivity index (χ1v) is 5.91. The fourth-order valence-electron chi connectivity index (χ4n) is 2.00. The van der Waals surface area contributed by atoms with Gasteiger partial charge < -0.3 is 5.11 Å². The minimum Gasteiger partial charge on any atom is -0.478 e. The number of alkyl halides is 3. The maximum Gasteiger partial charge on any atom is 0.419 e. The lowest BCUT2D eigenvalue weighted by molar-refractivity contribution is -0.139. The zero-order valence-electron chi connectivity index (χ0n) is 10.8. The second-order valence-electron chi connectivity index (χ2n) is 4.55. The number of aromatic carboxylic acids is 1. The summed E-state index contributed by atoms with van der Waals surface area (Å²) >= 11 is 0. The molecule has 2 aromatic carbocycles. The maximum atomic E-state index is 13.6. The number of rotatable bonds is 2. The second-order valence-corrected chi connectivity index (χ2v) is 4.55. The number of halogens is 4. The molecule has 0 aliphatic heterocycles. The van der Waals surface area contributed by atoms with Gasteiger partial charge >= 0.3 is 12.1 Å². The van der Waals surface area contributed by atoms with Crippen molar-refractivity contribution in [1.29, 1.82) is 0 Å². The molecule has 2 nitrogen and oxygen atoms in total. The highest BCUT2D eigenvalue weighted by atomic mass is 19.4. The number of hydrogen-bond acceptors (Lipinski definition) is 1. The lowest BCUT2D eigenvalue weighted by Gasteiger charge is -2.11. The van der Waals surface area contributed by atoms with Gasteiger partial charge in [-0.2, -0.15) is 13.2 Å². The Morgan fingerprint density at radius 3 is 2.29 bits per heavy atom. The molecule has 110 valence electrons. The molecule has 0 unspecified atom stereocenters. The number of hydrogen-bond donors (Lipinski definition) is 1. The summed E-state index contributed by atoms with van der Waals surface area (Å²) < 4.78 is 51.1. The van der Waals surface area contributed by atoms with E-state index in [2.05, 4.69) is 0 Å². The topological polar surface area (TPSA) is 37.3 Å². The Bertz CT molecular complexity index is 705. The highest BCUT2D eigenvalue weighted by molar-refractivity contribution is 5.96. The Morgan fingerprint density at radius 2 is 1.76 bits per heavy atom. The van der Waals surface area contributed by atoms with Crippen molar-refractivity contribution in [3.05, 3.63) is 58.9 Å². The Balaban J connectivity index is 2.59. The van der Waals surface area contributed by atoms with Crippen molar-refractivity contribution in [2.45, 2.75) is 13.1 Å². The lowest BCUT2D eigenvalue weighted by Crippen LogP contribution is -2.08. The number of aryl methyl sites for hydroxylation is 1. The van der Waals surface area contributed by atoms with E-state index in [1.165, 1.54) is 12.1 Å². The average Bonchev–Trinajstić information content (AvgIpc) is 2.36. The Hall–Kier alpha value is -2.37. The first-order chi connectivity index (χ1) is 9.70. The zero-order chi connectivity index (χ0) is 15.8. The summed E-state index contributed by atoms with van der Waals surface area (Å²) in [5, 5.41) is 9.13. The van der Waals surface area contributed by atoms with Crippen LogP contribution in [0.25, 0.3) is 11.1 Å². The van der Waals surface area contributed by atoms with Gasteiger partial charge in [-0.15, -0.1) is 0 Å². The molecule has 0 atom stereocenters. The fraction of sp³-hybridized carbons (Fsp3) is 0.133. The van der Waals surface area contributed by atoms with Crippen molar-refractivity contribution >= 4 is 5.97 Å². The molecule has 1 N–H and O–H groups in total. The molecule has 0 aliphatic rings. The van der Waals surface area contributed by atoms with Gasteiger partial charge in [-0.3, -0.25) is 0 Å². The van der Waals surface area contributed by atoms with Crippen LogP contribution in [-0.2, 0) is 6.18 Å². The van der Waals surface area contributed by atoms with Crippen molar-refractivity contribution in [2.24, 2.45) is 0 Å². The molecule has 0 radical (unpaired) electrons. The molecular weight excluding hydrogens is 288 g/mol. The number of carbonyl (C=O) groups is 1. The standard InChI is InChI=1S/C15H10F4O2/c1-8-2-4-10(11(6-8)14(20)21)9-3-5-12(13(16)7-9)15(17,18)19/h2-7H,1H3,(H,20,21). The summed E-state index contributed by atoms with van der Waals surface area (Å²) in [4.78, 5) is 11.2. The third kappa shape index (κ3) is 3.04. The minimum absolute atomic E-state index is 0.0814. The molecule has 0 heterocycles. The van der Waals surface area contributed by atoms with E-state index in [-0.39, 0.29) is 16.7 Å². The van der Waals surface area contributed by atoms with Crippen molar-refractivity contribution in [3.63, 3.8) is 0 Å². The molecule has 0 amide bonds. The van der Waals surface area contributed by atoms with Gasteiger partial charge in [-0.1, -0.05) is 23.8 Å². The van der Waals surface area contributed by atoms with E-state index in [4.69, 9.17) is 5.11 Å². The Morgan fingerprint density at radius 1 is 1.10 bits per heavy atom. The van der Waals surface area contributed by atoms with Gasteiger partial charge in [0, 0.05) is 0 Å². The molecule has 0 saturated carbocycles. The highest BCUT2D eigenvalue weighted by Gasteiger charge is 2.34. The zero-order valence-corrected chi connectivity index (χ0v) is 10.8. The quantitative estimate of drug-likeness (QED) is 0.828. The first kappa shape index (κ1) is 15.0.